The van der Waals surface area contributed by atoms with Crippen molar-refractivity contribution in [1.29, 1.82) is 0 Å². The molecular formula is C22H33N3O4. The molecule has 0 aromatic heterocycles. The van der Waals surface area contributed by atoms with E-state index in [-0.39, 0.29) is 29.4 Å². The summed E-state index contributed by atoms with van der Waals surface area (Å²) in [6, 6.07) is 6.39. The number of anilines is 1. The molecule has 1 aromatic rings. The van der Waals surface area contributed by atoms with E-state index < -0.39 is 0 Å². The van der Waals surface area contributed by atoms with Crippen LogP contribution in [0.15, 0.2) is 24.3 Å². The van der Waals surface area contributed by atoms with E-state index >= 15 is 0 Å². The van der Waals surface area contributed by atoms with Gasteiger partial charge in [0.05, 0.1) is 12.2 Å². The lowest BCUT2D eigenvalue weighted by molar-refractivity contribution is -0.140. The van der Waals surface area contributed by atoms with Crippen molar-refractivity contribution < 1.29 is 19.1 Å². The minimum Gasteiger partial charge on any atom is -0.462 e. The number of carbonyl (C=O) groups is 3. The molecule has 7 heteroatoms. The van der Waals surface area contributed by atoms with Gasteiger partial charge in [-0.3, -0.25) is 4.79 Å². The van der Waals surface area contributed by atoms with E-state index in [0.29, 0.717) is 30.9 Å². The van der Waals surface area contributed by atoms with Gasteiger partial charge in [-0.1, -0.05) is 34.1 Å². The zero-order valence-corrected chi connectivity index (χ0v) is 17.9. The number of hydrogen-bond acceptors (Lipinski definition) is 4. The van der Waals surface area contributed by atoms with Gasteiger partial charge in [0.15, 0.2) is 0 Å². The van der Waals surface area contributed by atoms with Crippen LogP contribution < -0.4 is 10.6 Å². The predicted molar refractivity (Wildman–Crippen MR) is 113 cm³/mol. The highest BCUT2D eigenvalue weighted by molar-refractivity contribution is 5.92. The molecule has 2 N–H and O–H groups in total. The van der Waals surface area contributed by atoms with E-state index in [1.165, 1.54) is 0 Å². The predicted octanol–water partition coefficient (Wildman–Crippen LogP) is 3.80. The molecule has 0 saturated carbocycles. The summed E-state index contributed by atoms with van der Waals surface area (Å²) in [5.41, 5.74) is 0.683. The van der Waals surface area contributed by atoms with Gasteiger partial charge in [0, 0.05) is 30.2 Å². The summed E-state index contributed by atoms with van der Waals surface area (Å²) in [5, 5.41) is 5.74. The van der Waals surface area contributed by atoms with E-state index in [9.17, 15) is 14.4 Å². The third kappa shape index (κ3) is 7.07. The van der Waals surface area contributed by atoms with E-state index in [1.807, 2.05) is 32.6 Å². The Morgan fingerprint density at radius 2 is 1.72 bits per heavy atom. The highest BCUT2D eigenvalue weighted by Gasteiger charge is 2.30. The van der Waals surface area contributed by atoms with E-state index in [1.54, 1.807) is 24.3 Å². The number of nitrogens with one attached hydrogen (secondary N) is 2. The Hall–Kier alpha value is -2.57. The molecule has 1 aliphatic heterocycles. The van der Waals surface area contributed by atoms with Crippen LogP contribution in [0.1, 0.15) is 63.7 Å². The van der Waals surface area contributed by atoms with Gasteiger partial charge in [-0.05, 0) is 43.5 Å². The monoisotopic (exact) mass is 403 g/mol. The van der Waals surface area contributed by atoms with Crippen LogP contribution in [0.4, 0.5) is 10.5 Å². The van der Waals surface area contributed by atoms with Crippen LogP contribution in [0.2, 0.25) is 0 Å². The van der Waals surface area contributed by atoms with Crippen LogP contribution in [0.5, 0.6) is 0 Å². The number of piperidine rings is 1. The van der Waals surface area contributed by atoms with Crippen LogP contribution in [-0.4, -0.2) is 48.5 Å². The molecule has 1 fully saturated rings. The SMILES string of the molecule is CCCCOC(=O)c1ccc(NC(=O)NC2CCN(C(=O)C(C)(C)C)CC2)cc1. The van der Waals surface area contributed by atoms with E-state index in [0.717, 1.165) is 25.7 Å². The van der Waals surface area contributed by atoms with Crippen molar-refractivity contribution in [2.24, 2.45) is 5.41 Å². The van der Waals surface area contributed by atoms with Gasteiger partial charge < -0.3 is 20.3 Å². The summed E-state index contributed by atoms with van der Waals surface area (Å²) < 4.78 is 5.17. The molecule has 2 rings (SSSR count). The first-order valence-electron chi connectivity index (χ1n) is 10.3. The highest BCUT2D eigenvalue weighted by atomic mass is 16.5. The molecule has 3 amide bonds. The van der Waals surface area contributed by atoms with Crippen LogP contribution in [-0.2, 0) is 9.53 Å². The number of rotatable bonds is 6. The van der Waals surface area contributed by atoms with Crippen LogP contribution in [0.3, 0.4) is 0 Å². The Balaban J connectivity index is 1.77. The Kier molecular flexibility index (Phi) is 8.05. The van der Waals surface area contributed by atoms with Gasteiger partial charge >= 0.3 is 12.0 Å². The quantitative estimate of drug-likeness (QED) is 0.559. The van der Waals surface area contributed by atoms with Crippen molar-refractivity contribution in [1.82, 2.24) is 10.2 Å². The maximum absolute atomic E-state index is 12.3. The lowest BCUT2D eigenvalue weighted by atomic mass is 9.93. The minimum atomic E-state index is -0.383. The minimum absolute atomic E-state index is 0.0341. The molecule has 0 atom stereocenters. The summed E-state index contributed by atoms with van der Waals surface area (Å²) in [7, 11) is 0. The lowest BCUT2D eigenvalue weighted by Crippen LogP contribution is -2.49. The number of benzene rings is 1. The summed E-state index contributed by atoms with van der Waals surface area (Å²) in [4.78, 5) is 38.4. The fourth-order valence-electron chi connectivity index (χ4n) is 3.14. The van der Waals surface area contributed by atoms with Crippen molar-refractivity contribution in [3.63, 3.8) is 0 Å². The smallest absolute Gasteiger partial charge is 0.338 e. The molecular weight excluding hydrogens is 370 g/mol. The Morgan fingerprint density at radius 3 is 2.28 bits per heavy atom. The molecule has 29 heavy (non-hydrogen) atoms. The molecule has 0 radical (unpaired) electrons. The van der Waals surface area contributed by atoms with Gasteiger partial charge in [-0.2, -0.15) is 0 Å². The second-order valence-corrected chi connectivity index (χ2v) is 8.48. The maximum Gasteiger partial charge on any atom is 0.338 e. The molecule has 0 bridgehead atoms. The Bertz CT molecular complexity index is 702. The first-order chi connectivity index (χ1) is 13.7. The van der Waals surface area contributed by atoms with Gasteiger partial charge in [0.1, 0.15) is 0 Å². The number of carbonyl (C=O) groups excluding carboxylic acids is 3. The summed E-state index contributed by atoms with van der Waals surface area (Å²) in [5.74, 6) is -0.209. The number of likely N-dealkylation sites (tertiary alicyclic amines) is 1. The maximum atomic E-state index is 12.3. The van der Waals surface area contributed by atoms with Gasteiger partial charge in [-0.15, -0.1) is 0 Å². The van der Waals surface area contributed by atoms with Crippen LogP contribution >= 0.6 is 0 Å². The van der Waals surface area contributed by atoms with Gasteiger partial charge in [0.2, 0.25) is 5.91 Å². The Labute approximate surface area is 173 Å². The first kappa shape index (κ1) is 22.7. The summed E-state index contributed by atoms with van der Waals surface area (Å²) in [6.07, 6.45) is 3.28. The lowest BCUT2D eigenvalue weighted by Gasteiger charge is -2.35. The number of unbranched alkanes of at least 4 members (excludes halogenated alkanes) is 1. The second-order valence-electron chi connectivity index (χ2n) is 8.48. The fraction of sp³-hybridized carbons (Fsp3) is 0.591. The molecule has 1 heterocycles. The average Bonchev–Trinajstić information content (AvgIpc) is 2.68. The van der Waals surface area contributed by atoms with E-state index in [4.69, 9.17) is 4.74 Å². The highest BCUT2D eigenvalue weighted by Crippen LogP contribution is 2.21. The third-order valence-corrected chi connectivity index (χ3v) is 4.87. The summed E-state index contributed by atoms with van der Waals surface area (Å²) >= 11 is 0. The molecule has 0 aliphatic carbocycles. The topological polar surface area (TPSA) is 87.7 Å². The standard InChI is InChI=1S/C22H33N3O4/c1-5-6-15-29-19(26)16-7-9-17(10-8-16)23-21(28)24-18-11-13-25(14-12-18)20(27)22(2,3)4/h7-10,18H,5-6,11-15H2,1-4H3,(H2,23,24,28). The van der Waals surface area contributed by atoms with Crippen molar-refractivity contribution in [3.05, 3.63) is 29.8 Å². The molecule has 1 aliphatic rings. The zero-order chi connectivity index (χ0) is 21.4. The molecule has 1 aromatic carbocycles. The van der Waals surface area contributed by atoms with Gasteiger partial charge in [-0.25, -0.2) is 9.59 Å². The molecule has 160 valence electrons. The van der Waals surface area contributed by atoms with Gasteiger partial charge in [0.25, 0.3) is 0 Å². The van der Waals surface area contributed by atoms with Crippen molar-refractivity contribution in [2.45, 2.75) is 59.4 Å². The van der Waals surface area contributed by atoms with E-state index in [2.05, 4.69) is 10.6 Å². The number of ether oxygens (including phenoxy) is 1. The number of hydrogen-bond donors (Lipinski definition) is 2. The third-order valence-electron chi connectivity index (χ3n) is 4.87. The Morgan fingerprint density at radius 1 is 1.10 bits per heavy atom. The molecule has 0 unspecified atom stereocenters. The van der Waals surface area contributed by atoms with Crippen LogP contribution in [0.25, 0.3) is 0 Å². The fourth-order valence-corrected chi connectivity index (χ4v) is 3.14. The summed E-state index contributed by atoms with van der Waals surface area (Å²) in [6.45, 7) is 9.51. The van der Waals surface area contributed by atoms with Crippen molar-refractivity contribution in [2.75, 3.05) is 25.0 Å². The largest absolute Gasteiger partial charge is 0.462 e. The number of amides is 3. The second kappa shape index (κ2) is 10.3. The number of urea groups is 1. The zero-order valence-electron chi connectivity index (χ0n) is 17.9. The normalized spacial score (nSPS) is 15.0. The average molecular weight is 404 g/mol. The van der Waals surface area contributed by atoms with Crippen molar-refractivity contribution >= 4 is 23.6 Å². The molecule has 1 saturated heterocycles. The van der Waals surface area contributed by atoms with Crippen molar-refractivity contribution in [3.8, 4) is 0 Å². The molecule has 0 spiro atoms. The number of nitrogens with zero attached hydrogens (tertiary/aromatic N) is 1. The molecule has 7 nitrogen and oxygen atoms in total. The first-order valence-corrected chi connectivity index (χ1v) is 10.3. The van der Waals surface area contributed by atoms with Crippen LogP contribution in [0, 0.1) is 5.41 Å². The number of esters is 1.